The molecule has 2 aromatic carbocycles. The molecule has 2 N–H and O–H groups in total. The summed E-state index contributed by atoms with van der Waals surface area (Å²) in [4.78, 5) is 24.6. The number of rotatable bonds is 9. The van der Waals surface area contributed by atoms with E-state index in [1.807, 2.05) is 13.0 Å². The van der Waals surface area contributed by atoms with Crippen molar-refractivity contribution < 1.29 is 28.5 Å². The number of amides is 2. The van der Waals surface area contributed by atoms with Crippen molar-refractivity contribution in [2.75, 3.05) is 35.0 Å². The third-order valence-corrected chi connectivity index (χ3v) is 4.34. The van der Waals surface area contributed by atoms with Crippen LogP contribution in [0.15, 0.2) is 36.4 Å². The summed E-state index contributed by atoms with van der Waals surface area (Å²) in [5.41, 5.74) is 1.16. The van der Waals surface area contributed by atoms with Gasteiger partial charge in [-0.1, -0.05) is 0 Å². The van der Waals surface area contributed by atoms with Crippen LogP contribution in [0, 0.1) is 0 Å². The summed E-state index contributed by atoms with van der Waals surface area (Å²) in [7, 11) is 6.12. The molecule has 2 amide bonds. The first-order valence-corrected chi connectivity index (χ1v) is 8.95. The number of carbonyl (C=O) groups is 2. The molecule has 1 atom stereocenters. The van der Waals surface area contributed by atoms with Crippen LogP contribution < -0.4 is 29.6 Å². The summed E-state index contributed by atoms with van der Waals surface area (Å²) in [6.45, 7) is 1.66. The van der Waals surface area contributed by atoms with Gasteiger partial charge in [-0.2, -0.15) is 0 Å². The Balaban J connectivity index is 1.96. The van der Waals surface area contributed by atoms with E-state index < -0.39 is 5.91 Å². The van der Waals surface area contributed by atoms with Gasteiger partial charge < -0.3 is 29.6 Å². The summed E-state index contributed by atoms with van der Waals surface area (Å²) >= 11 is 0. The Morgan fingerprint density at radius 1 is 0.862 bits per heavy atom. The molecule has 29 heavy (non-hydrogen) atoms. The molecule has 0 aliphatic rings. The topological polar surface area (TPSA) is 95.1 Å². The Hall–Kier alpha value is -3.42. The SMILES string of the molecule is COc1ccc(C(C)NC(=O)CNC(=O)c2ccc(OC)c(OC)c2)c(OC)c1. The lowest BCUT2D eigenvalue weighted by molar-refractivity contribution is -0.120. The van der Waals surface area contributed by atoms with Gasteiger partial charge in [0.25, 0.3) is 5.91 Å². The second-order valence-corrected chi connectivity index (χ2v) is 6.15. The lowest BCUT2D eigenvalue weighted by Gasteiger charge is -2.18. The van der Waals surface area contributed by atoms with Crippen LogP contribution in [0.1, 0.15) is 28.9 Å². The standard InChI is InChI=1S/C21H26N2O6/c1-13(16-8-7-15(26-2)11-18(16)28-4)23-20(24)12-22-21(25)14-6-9-17(27-3)19(10-14)29-5/h6-11,13H,12H2,1-5H3,(H,22,25)(H,23,24). The van der Waals surface area contributed by atoms with Gasteiger partial charge in [-0.3, -0.25) is 9.59 Å². The van der Waals surface area contributed by atoms with Crippen molar-refractivity contribution in [1.82, 2.24) is 10.6 Å². The molecule has 0 radical (unpaired) electrons. The molecule has 2 aromatic rings. The fourth-order valence-electron chi connectivity index (χ4n) is 2.79. The van der Waals surface area contributed by atoms with E-state index in [0.29, 0.717) is 28.6 Å². The summed E-state index contributed by atoms with van der Waals surface area (Å²) in [5.74, 6) is 1.49. The van der Waals surface area contributed by atoms with Crippen LogP contribution >= 0.6 is 0 Å². The average Bonchev–Trinajstić information content (AvgIpc) is 2.76. The molecule has 0 aliphatic heterocycles. The van der Waals surface area contributed by atoms with E-state index >= 15 is 0 Å². The monoisotopic (exact) mass is 402 g/mol. The Morgan fingerprint density at radius 2 is 1.55 bits per heavy atom. The van der Waals surface area contributed by atoms with Crippen molar-refractivity contribution in [3.05, 3.63) is 47.5 Å². The van der Waals surface area contributed by atoms with Crippen molar-refractivity contribution in [1.29, 1.82) is 0 Å². The Morgan fingerprint density at radius 3 is 2.17 bits per heavy atom. The quantitative estimate of drug-likeness (QED) is 0.669. The summed E-state index contributed by atoms with van der Waals surface area (Å²) in [5, 5.41) is 5.43. The Labute approximate surface area is 170 Å². The van der Waals surface area contributed by atoms with Crippen LogP contribution in [0.5, 0.6) is 23.0 Å². The zero-order valence-electron chi connectivity index (χ0n) is 17.2. The van der Waals surface area contributed by atoms with Crippen LogP contribution in [0.25, 0.3) is 0 Å². The number of hydrogen-bond acceptors (Lipinski definition) is 6. The van der Waals surface area contributed by atoms with Crippen molar-refractivity contribution >= 4 is 11.8 Å². The molecular formula is C21H26N2O6. The van der Waals surface area contributed by atoms with Crippen molar-refractivity contribution in [2.45, 2.75) is 13.0 Å². The van der Waals surface area contributed by atoms with Gasteiger partial charge in [-0.15, -0.1) is 0 Å². The molecule has 0 fully saturated rings. The van der Waals surface area contributed by atoms with Gasteiger partial charge in [-0.05, 0) is 37.3 Å². The van der Waals surface area contributed by atoms with Gasteiger partial charge in [0.05, 0.1) is 41.0 Å². The molecule has 1 unspecified atom stereocenters. The fraction of sp³-hybridized carbons (Fsp3) is 0.333. The van der Waals surface area contributed by atoms with Gasteiger partial charge in [0.15, 0.2) is 11.5 Å². The zero-order valence-corrected chi connectivity index (χ0v) is 17.2. The van der Waals surface area contributed by atoms with E-state index in [4.69, 9.17) is 18.9 Å². The Bertz CT molecular complexity index is 868. The largest absolute Gasteiger partial charge is 0.497 e. The third-order valence-electron chi connectivity index (χ3n) is 4.34. The first-order valence-electron chi connectivity index (χ1n) is 8.95. The molecule has 0 saturated carbocycles. The smallest absolute Gasteiger partial charge is 0.251 e. The minimum absolute atomic E-state index is 0.171. The van der Waals surface area contributed by atoms with Gasteiger partial charge >= 0.3 is 0 Å². The predicted molar refractivity (Wildman–Crippen MR) is 108 cm³/mol. The molecule has 2 rings (SSSR count). The van der Waals surface area contributed by atoms with E-state index in [1.54, 1.807) is 44.6 Å². The number of nitrogens with one attached hydrogen (secondary N) is 2. The Kier molecular flexibility index (Phi) is 7.70. The maximum Gasteiger partial charge on any atom is 0.251 e. The number of carbonyl (C=O) groups excluding carboxylic acids is 2. The van der Waals surface area contributed by atoms with Crippen LogP contribution in [0.2, 0.25) is 0 Å². The lowest BCUT2D eigenvalue weighted by atomic mass is 10.1. The van der Waals surface area contributed by atoms with Crippen molar-refractivity contribution in [3.63, 3.8) is 0 Å². The maximum absolute atomic E-state index is 12.3. The number of methoxy groups -OCH3 is 4. The average molecular weight is 402 g/mol. The summed E-state index contributed by atoms with van der Waals surface area (Å²) in [6, 6.07) is 9.82. The van der Waals surface area contributed by atoms with Crippen molar-refractivity contribution in [3.8, 4) is 23.0 Å². The van der Waals surface area contributed by atoms with E-state index in [-0.39, 0.29) is 18.5 Å². The fourth-order valence-corrected chi connectivity index (χ4v) is 2.79. The van der Waals surface area contributed by atoms with Crippen molar-refractivity contribution in [2.24, 2.45) is 0 Å². The van der Waals surface area contributed by atoms with E-state index in [2.05, 4.69) is 10.6 Å². The van der Waals surface area contributed by atoms with Gasteiger partial charge in [0, 0.05) is 17.2 Å². The predicted octanol–water partition coefficient (Wildman–Crippen LogP) is 2.33. The number of ether oxygens (including phenoxy) is 4. The molecular weight excluding hydrogens is 376 g/mol. The molecule has 8 nitrogen and oxygen atoms in total. The molecule has 0 saturated heterocycles. The molecule has 0 bridgehead atoms. The molecule has 0 spiro atoms. The van der Waals surface area contributed by atoms with E-state index in [1.165, 1.54) is 14.2 Å². The summed E-state index contributed by atoms with van der Waals surface area (Å²) < 4.78 is 20.9. The van der Waals surface area contributed by atoms with Crippen LogP contribution in [-0.4, -0.2) is 46.8 Å². The molecule has 8 heteroatoms. The van der Waals surface area contributed by atoms with Gasteiger partial charge in [0.2, 0.25) is 5.91 Å². The minimum atomic E-state index is -0.393. The number of hydrogen-bond donors (Lipinski definition) is 2. The highest BCUT2D eigenvalue weighted by Gasteiger charge is 2.16. The molecule has 0 aromatic heterocycles. The highest BCUT2D eigenvalue weighted by molar-refractivity contribution is 5.97. The third kappa shape index (κ3) is 5.54. The number of benzene rings is 2. The first kappa shape index (κ1) is 21.9. The first-order chi connectivity index (χ1) is 13.9. The van der Waals surface area contributed by atoms with Crippen LogP contribution in [-0.2, 0) is 4.79 Å². The van der Waals surface area contributed by atoms with E-state index in [9.17, 15) is 9.59 Å². The molecule has 0 heterocycles. The molecule has 156 valence electrons. The van der Waals surface area contributed by atoms with Gasteiger partial charge in [-0.25, -0.2) is 0 Å². The van der Waals surface area contributed by atoms with Crippen LogP contribution in [0.4, 0.5) is 0 Å². The summed E-state index contributed by atoms with van der Waals surface area (Å²) in [6.07, 6.45) is 0. The minimum Gasteiger partial charge on any atom is -0.497 e. The second kappa shape index (κ2) is 10.2. The highest BCUT2D eigenvalue weighted by atomic mass is 16.5. The highest BCUT2D eigenvalue weighted by Crippen LogP contribution is 2.29. The van der Waals surface area contributed by atoms with Crippen LogP contribution in [0.3, 0.4) is 0 Å². The maximum atomic E-state index is 12.3. The zero-order chi connectivity index (χ0) is 21.4. The lowest BCUT2D eigenvalue weighted by Crippen LogP contribution is -2.38. The second-order valence-electron chi connectivity index (χ2n) is 6.15. The van der Waals surface area contributed by atoms with E-state index in [0.717, 1.165) is 5.56 Å². The molecule has 0 aliphatic carbocycles. The van der Waals surface area contributed by atoms with Gasteiger partial charge in [0.1, 0.15) is 11.5 Å². The normalized spacial score (nSPS) is 11.2.